The van der Waals surface area contributed by atoms with Crippen LogP contribution in [0.3, 0.4) is 0 Å². The fourth-order valence-electron chi connectivity index (χ4n) is 3.33. The monoisotopic (exact) mass is 315 g/mol. The molecule has 1 N–H and O–H groups in total. The highest BCUT2D eigenvalue weighted by Crippen LogP contribution is 2.31. The van der Waals surface area contributed by atoms with Gasteiger partial charge in [0.15, 0.2) is 0 Å². The third-order valence-electron chi connectivity index (χ3n) is 4.57. The molecule has 1 atom stereocenters. The number of aliphatic hydroxyl groups is 1. The molecule has 2 aliphatic heterocycles. The second kappa shape index (κ2) is 6.04. The number of rotatable bonds is 2. The smallest absolute Gasteiger partial charge is 0.392 e. The molecule has 3 rings (SSSR count). The van der Waals surface area contributed by atoms with E-state index in [1.54, 1.807) is 0 Å². The van der Waals surface area contributed by atoms with Crippen LogP contribution in [0.4, 0.5) is 19.0 Å². The van der Waals surface area contributed by atoms with Crippen molar-refractivity contribution in [2.45, 2.75) is 37.6 Å². The van der Waals surface area contributed by atoms with Crippen LogP contribution in [0.1, 0.15) is 24.8 Å². The maximum absolute atomic E-state index is 12.8. The topological polar surface area (TPSA) is 39.6 Å². The number of pyridine rings is 1. The molecular formula is C15H20F3N3O. The summed E-state index contributed by atoms with van der Waals surface area (Å²) in [4.78, 5) is 8.29. The van der Waals surface area contributed by atoms with Gasteiger partial charge in [0, 0.05) is 38.4 Å². The van der Waals surface area contributed by atoms with E-state index >= 15 is 0 Å². The average molecular weight is 315 g/mol. The summed E-state index contributed by atoms with van der Waals surface area (Å²) in [5.74, 6) is 0.398. The Morgan fingerprint density at radius 3 is 2.45 bits per heavy atom. The summed E-state index contributed by atoms with van der Waals surface area (Å²) in [6.45, 7) is 3.03. The largest absolute Gasteiger partial charge is 0.416 e. The van der Waals surface area contributed by atoms with E-state index in [1.807, 2.05) is 4.90 Å². The molecule has 7 heteroatoms. The Hall–Kier alpha value is -1.34. The lowest BCUT2D eigenvalue weighted by atomic mass is 10.0. The lowest BCUT2D eigenvalue weighted by molar-refractivity contribution is -0.137. The third-order valence-corrected chi connectivity index (χ3v) is 4.57. The fraction of sp³-hybridized carbons (Fsp3) is 0.667. The molecule has 0 aromatic carbocycles. The van der Waals surface area contributed by atoms with Gasteiger partial charge in [-0.05, 0) is 31.4 Å². The molecule has 0 spiro atoms. The number of β-amino-alcohol motifs (C(OH)–C–C–N with tert-alkyl or cyclic N) is 1. The van der Waals surface area contributed by atoms with Gasteiger partial charge in [-0.25, -0.2) is 4.98 Å². The number of aliphatic hydroxyl groups excluding tert-OH is 1. The number of piperidine rings is 1. The van der Waals surface area contributed by atoms with Crippen molar-refractivity contribution in [3.05, 3.63) is 23.9 Å². The number of halogens is 3. The van der Waals surface area contributed by atoms with Crippen molar-refractivity contribution in [1.82, 2.24) is 9.88 Å². The molecule has 1 aromatic heterocycles. The quantitative estimate of drug-likeness (QED) is 0.908. The zero-order valence-electron chi connectivity index (χ0n) is 12.3. The van der Waals surface area contributed by atoms with E-state index in [-0.39, 0.29) is 6.10 Å². The van der Waals surface area contributed by atoms with Gasteiger partial charge in [-0.15, -0.1) is 0 Å². The van der Waals surface area contributed by atoms with Crippen LogP contribution in [0.15, 0.2) is 18.3 Å². The Bertz CT molecular complexity index is 515. The summed E-state index contributed by atoms with van der Waals surface area (Å²) in [6.07, 6.45) is -0.740. The molecule has 2 fully saturated rings. The molecule has 1 aromatic rings. The lowest BCUT2D eigenvalue weighted by Crippen LogP contribution is -2.44. The number of hydrogen-bond acceptors (Lipinski definition) is 4. The lowest BCUT2D eigenvalue weighted by Gasteiger charge is -2.37. The Labute approximate surface area is 127 Å². The summed E-state index contributed by atoms with van der Waals surface area (Å²) in [7, 11) is 0. The first kappa shape index (κ1) is 15.6. The zero-order chi connectivity index (χ0) is 15.7. The van der Waals surface area contributed by atoms with E-state index in [0.717, 1.165) is 37.9 Å². The summed E-state index contributed by atoms with van der Waals surface area (Å²) >= 11 is 0. The summed E-state index contributed by atoms with van der Waals surface area (Å²) in [5, 5.41) is 9.60. The van der Waals surface area contributed by atoms with E-state index in [1.165, 1.54) is 6.20 Å². The van der Waals surface area contributed by atoms with Crippen LogP contribution in [0.2, 0.25) is 0 Å². The van der Waals surface area contributed by atoms with Gasteiger partial charge in [-0.3, -0.25) is 4.90 Å². The Kier molecular flexibility index (Phi) is 4.27. The van der Waals surface area contributed by atoms with Crippen molar-refractivity contribution in [1.29, 1.82) is 0 Å². The predicted octanol–water partition coefficient (Wildman–Crippen LogP) is 2.14. The van der Waals surface area contributed by atoms with Gasteiger partial charge in [0.2, 0.25) is 0 Å². The van der Waals surface area contributed by atoms with E-state index in [0.29, 0.717) is 31.5 Å². The van der Waals surface area contributed by atoms with Gasteiger partial charge < -0.3 is 10.0 Å². The van der Waals surface area contributed by atoms with Crippen LogP contribution in [-0.2, 0) is 6.18 Å². The Morgan fingerprint density at radius 2 is 1.86 bits per heavy atom. The van der Waals surface area contributed by atoms with E-state index in [2.05, 4.69) is 9.88 Å². The first-order valence-electron chi connectivity index (χ1n) is 7.64. The maximum Gasteiger partial charge on any atom is 0.416 e. The Balaban J connectivity index is 1.62. The molecule has 0 aliphatic carbocycles. The van der Waals surface area contributed by atoms with Crippen LogP contribution in [-0.4, -0.2) is 53.3 Å². The van der Waals surface area contributed by atoms with Crippen LogP contribution in [0.25, 0.3) is 0 Å². The molecule has 2 aliphatic rings. The number of hydrogen-bond donors (Lipinski definition) is 1. The number of anilines is 1. The van der Waals surface area contributed by atoms with Crippen molar-refractivity contribution in [2.75, 3.05) is 31.1 Å². The number of nitrogens with zero attached hydrogens (tertiary/aromatic N) is 3. The normalized spacial score (nSPS) is 24.9. The predicted molar refractivity (Wildman–Crippen MR) is 76.7 cm³/mol. The maximum atomic E-state index is 12.8. The van der Waals surface area contributed by atoms with Crippen molar-refractivity contribution in [3.8, 4) is 0 Å². The minimum atomic E-state index is -4.33. The first-order valence-corrected chi connectivity index (χ1v) is 7.64. The van der Waals surface area contributed by atoms with Crippen molar-refractivity contribution >= 4 is 5.82 Å². The van der Waals surface area contributed by atoms with Crippen molar-refractivity contribution in [2.24, 2.45) is 0 Å². The molecule has 3 heterocycles. The summed E-state index contributed by atoms with van der Waals surface area (Å²) in [5.41, 5.74) is -0.651. The van der Waals surface area contributed by atoms with Gasteiger partial charge in [0.25, 0.3) is 0 Å². The highest BCUT2D eigenvalue weighted by Gasteiger charge is 2.33. The van der Waals surface area contributed by atoms with Crippen LogP contribution < -0.4 is 4.90 Å². The second-order valence-electron chi connectivity index (χ2n) is 6.06. The van der Waals surface area contributed by atoms with Crippen LogP contribution in [0.5, 0.6) is 0 Å². The van der Waals surface area contributed by atoms with Crippen LogP contribution >= 0.6 is 0 Å². The summed E-state index contributed by atoms with van der Waals surface area (Å²) < 4.78 is 38.3. The van der Waals surface area contributed by atoms with Crippen LogP contribution in [0, 0.1) is 0 Å². The Morgan fingerprint density at radius 1 is 1.14 bits per heavy atom. The molecular weight excluding hydrogens is 295 g/mol. The average Bonchev–Trinajstić information content (AvgIpc) is 2.93. The second-order valence-corrected chi connectivity index (χ2v) is 6.06. The molecule has 0 bridgehead atoms. The molecule has 0 amide bonds. The van der Waals surface area contributed by atoms with E-state index in [9.17, 15) is 18.3 Å². The molecule has 22 heavy (non-hydrogen) atoms. The first-order chi connectivity index (χ1) is 10.4. The van der Waals surface area contributed by atoms with Gasteiger partial charge in [-0.1, -0.05) is 0 Å². The number of likely N-dealkylation sites (tertiary alicyclic amines) is 1. The SMILES string of the molecule is OC1CCN(C2CCN(c3cc(C(F)(F)F)ccn3)CC2)C1. The molecule has 122 valence electrons. The highest BCUT2D eigenvalue weighted by atomic mass is 19.4. The standard InChI is InChI=1S/C15H20F3N3O/c16-15(17,18)11-1-5-19-14(9-11)20-6-2-12(3-7-20)21-8-4-13(22)10-21/h1,5,9,12-13,22H,2-4,6-8,10H2. The third kappa shape index (κ3) is 3.35. The number of alkyl halides is 3. The fourth-order valence-corrected chi connectivity index (χ4v) is 3.33. The minimum absolute atomic E-state index is 0.233. The molecule has 0 saturated carbocycles. The van der Waals surface area contributed by atoms with Gasteiger partial charge >= 0.3 is 6.18 Å². The van der Waals surface area contributed by atoms with Gasteiger partial charge in [-0.2, -0.15) is 13.2 Å². The zero-order valence-corrected chi connectivity index (χ0v) is 12.3. The van der Waals surface area contributed by atoms with E-state index in [4.69, 9.17) is 0 Å². The molecule has 4 nitrogen and oxygen atoms in total. The highest BCUT2D eigenvalue weighted by molar-refractivity contribution is 5.42. The minimum Gasteiger partial charge on any atom is -0.392 e. The molecule has 1 unspecified atom stereocenters. The molecule has 2 saturated heterocycles. The molecule has 0 radical (unpaired) electrons. The van der Waals surface area contributed by atoms with E-state index < -0.39 is 11.7 Å². The van der Waals surface area contributed by atoms with Crippen molar-refractivity contribution < 1.29 is 18.3 Å². The number of aromatic nitrogens is 1. The van der Waals surface area contributed by atoms with Gasteiger partial charge in [0.05, 0.1) is 11.7 Å². The van der Waals surface area contributed by atoms with Gasteiger partial charge in [0.1, 0.15) is 5.82 Å². The summed E-state index contributed by atoms with van der Waals surface area (Å²) in [6, 6.07) is 2.54. The van der Waals surface area contributed by atoms with Crippen molar-refractivity contribution in [3.63, 3.8) is 0 Å².